The number of hydrogen-bond acceptors (Lipinski definition) is 11. The van der Waals surface area contributed by atoms with Crippen LogP contribution in [0.2, 0.25) is 5.02 Å². The molecular weight excluding hydrogens is 542 g/mol. The van der Waals surface area contributed by atoms with Crippen molar-refractivity contribution in [2.45, 2.75) is 39.8 Å². The molecule has 1 aromatic carbocycles. The van der Waals surface area contributed by atoms with Gasteiger partial charge in [-0.2, -0.15) is 0 Å². The Labute approximate surface area is 239 Å². The second-order valence-corrected chi connectivity index (χ2v) is 9.21. The van der Waals surface area contributed by atoms with Gasteiger partial charge in [0, 0.05) is 48.0 Å². The first-order valence-corrected chi connectivity index (χ1v) is 13.6. The number of ether oxygens (including phenoxy) is 3. The van der Waals surface area contributed by atoms with Crippen LogP contribution in [-0.4, -0.2) is 98.3 Å². The van der Waals surface area contributed by atoms with Crippen LogP contribution in [-0.2, 0) is 33.4 Å². The number of esters is 3. The van der Waals surface area contributed by atoms with Gasteiger partial charge >= 0.3 is 17.9 Å². The molecule has 1 heterocycles. The average Bonchev–Trinajstić information content (AvgIpc) is 2.89. The summed E-state index contributed by atoms with van der Waals surface area (Å²) in [6.07, 6.45) is 1.68. The van der Waals surface area contributed by atoms with E-state index in [0.717, 1.165) is 16.6 Å². The summed E-state index contributed by atoms with van der Waals surface area (Å²) in [7, 11) is 0. The molecule has 0 aliphatic rings. The molecule has 0 radical (unpaired) electrons. The van der Waals surface area contributed by atoms with Gasteiger partial charge in [-0.25, -0.2) is 9.59 Å². The van der Waals surface area contributed by atoms with Gasteiger partial charge in [-0.15, -0.1) is 0 Å². The van der Waals surface area contributed by atoms with Gasteiger partial charge < -0.3 is 24.8 Å². The predicted octanol–water partition coefficient (Wildman–Crippen LogP) is 1.75. The fraction of sp³-hybridized carbons (Fsp3) is 0.519. The molecule has 40 heavy (non-hydrogen) atoms. The summed E-state index contributed by atoms with van der Waals surface area (Å²) in [6.45, 7) is 7.74. The highest BCUT2D eigenvalue weighted by Gasteiger charge is 2.31. The third-order valence-electron chi connectivity index (χ3n) is 5.52. The number of fused-ring (bicyclic) bond motifs is 1. The minimum absolute atomic E-state index is 0.0978. The number of nitrogens with one attached hydrogen (secondary N) is 3. The number of anilines is 1. The lowest BCUT2D eigenvalue weighted by Gasteiger charge is -2.27. The molecule has 0 saturated carbocycles. The molecule has 12 nitrogen and oxygen atoms in total. The van der Waals surface area contributed by atoms with Gasteiger partial charge in [-0.05, 0) is 52.0 Å². The molecule has 1 unspecified atom stereocenters. The van der Waals surface area contributed by atoms with E-state index < -0.39 is 30.0 Å². The number of aromatic nitrogens is 1. The summed E-state index contributed by atoms with van der Waals surface area (Å²) < 4.78 is 15.0. The molecule has 1 atom stereocenters. The molecule has 0 fully saturated rings. The Balaban J connectivity index is 1.95. The number of amides is 1. The first-order valence-electron chi connectivity index (χ1n) is 13.2. The zero-order valence-corrected chi connectivity index (χ0v) is 24.1. The van der Waals surface area contributed by atoms with E-state index in [1.807, 2.05) is 12.1 Å². The summed E-state index contributed by atoms with van der Waals surface area (Å²) in [5.41, 5.74) is 1.62. The smallest absolute Gasteiger partial charge is 0.334 e. The largest absolute Gasteiger partial charge is 0.465 e. The molecule has 2 rings (SSSR count). The summed E-state index contributed by atoms with van der Waals surface area (Å²) in [6, 6.07) is 5.46. The number of pyridine rings is 1. The average molecular weight is 580 g/mol. The quantitative estimate of drug-likeness (QED) is 0.109. The van der Waals surface area contributed by atoms with E-state index in [1.54, 1.807) is 50.9 Å². The Kier molecular flexibility index (Phi) is 14.1. The molecular formula is C27H38ClN5O7. The number of halogens is 1. The van der Waals surface area contributed by atoms with Crippen LogP contribution in [0.4, 0.5) is 5.69 Å². The van der Waals surface area contributed by atoms with Crippen LogP contribution < -0.4 is 16.0 Å². The van der Waals surface area contributed by atoms with Crippen LogP contribution in [0, 0.1) is 0 Å². The van der Waals surface area contributed by atoms with Crippen molar-refractivity contribution in [3.63, 3.8) is 0 Å². The molecule has 0 aliphatic heterocycles. The molecule has 2 aromatic rings. The van der Waals surface area contributed by atoms with Gasteiger partial charge in [0.05, 0.1) is 38.4 Å². The van der Waals surface area contributed by atoms with Crippen LogP contribution in [0.3, 0.4) is 0 Å². The SMILES string of the molecule is CCOC(=O)CN(CC(=O)NCCNc1ccnc2cc(Cl)ccc12)CC(C)NC(C(=O)OCC)C(=O)OCC. The van der Waals surface area contributed by atoms with Crippen molar-refractivity contribution in [3.05, 3.63) is 35.5 Å². The Morgan fingerprint density at radius 3 is 2.27 bits per heavy atom. The van der Waals surface area contributed by atoms with Gasteiger partial charge in [-0.3, -0.25) is 24.8 Å². The van der Waals surface area contributed by atoms with Crippen LogP contribution >= 0.6 is 11.6 Å². The van der Waals surface area contributed by atoms with Crippen molar-refractivity contribution in [2.75, 3.05) is 57.9 Å². The molecule has 0 bridgehead atoms. The third kappa shape index (κ3) is 10.9. The summed E-state index contributed by atoms with van der Waals surface area (Å²) in [5, 5.41) is 10.5. The molecule has 1 aromatic heterocycles. The van der Waals surface area contributed by atoms with E-state index in [-0.39, 0.29) is 45.4 Å². The van der Waals surface area contributed by atoms with Crippen LogP contribution in [0.25, 0.3) is 10.9 Å². The van der Waals surface area contributed by atoms with E-state index in [0.29, 0.717) is 18.1 Å². The Hall–Kier alpha value is -3.48. The van der Waals surface area contributed by atoms with Crippen molar-refractivity contribution in [1.29, 1.82) is 0 Å². The molecule has 0 saturated heterocycles. The van der Waals surface area contributed by atoms with Crippen molar-refractivity contribution >= 4 is 52.0 Å². The molecule has 13 heteroatoms. The minimum atomic E-state index is -1.33. The Morgan fingerprint density at radius 2 is 1.62 bits per heavy atom. The number of rotatable bonds is 17. The maximum absolute atomic E-state index is 12.7. The standard InChI is InChI=1S/C27H38ClN5O7/c1-5-38-24(35)17-33(15-18(4)32-25(26(36)39-6-2)27(37)40-7-3)16-23(34)31-13-12-30-21-10-11-29-22-14-19(28)8-9-20(21)22/h8-11,14,18,25,32H,5-7,12-13,15-17H2,1-4H3,(H,29,30)(H,31,34). The van der Waals surface area contributed by atoms with Crippen LogP contribution in [0.1, 0.15) is 27.7 Å². The predicted molar refractivity (Wildman–Crippen MR) is 151 cm³/mol. The first kappa shape index (κ1) is 32.7. The van der Waals surface area contributed by atoms with E-state index in [9.17, 15) is 19.2 Å². The summed E-state index contributed by atoms with van der Waals surface area (Å²) in [5.74, 6) is -2.33. The van der Waals surface area contributed by atoms with Gasteiger partial charge in [0.2, 0.25) is 11.9 Å². The zero-order valence-electron chi connectivity index (χ0n) is 23.3. The lowest BCUT2D eigenvalue weighted by Crippen LogP contribution is -2.53. The van der Waals surface area contributed by atoms with Gasteiger partial charge in [0.25, 0.3) is 0 Å². The van der Waals surface area contributed by atoms with E-state index in [1.165, 1.54) is 0 Å². The van der Waals surface area contributed by atoms with E-state index in [2.05, 4.69) is 20.9 Å². The molecule has 220 valence electrons. The topological polar surface area (TPSA) is 148 Å². The fourth-order valence-electron chi connectivity index (χ4n) is 3.92. The number of carbonyl (C=O) groups is 4. The lowest BCUT2D eigenvalue weighted by molar-refractivity contribution is -0.158. The first-order chi connectivity index (χ1) is 19.2. The third-order valence-corrected chi connectivity index (χ3v) is 5.76. The summed E-state index contributed by atoms with van der Waals surface area (Å²) >= 11 is 6.05. The maximum atomic E-state index is 12.7. The van der Waals surface area contributed by atoms with Gasteiger partial charge in [-0.1, -0.05) is 11.6 Å². The van der Waals surface area contributed by atoms with Crippen molar-refractivity contribution in [1.82, 2.24) is 20.5 Å². The fourth-order valence-corrected chi connectivity index (χ4v) is 4.08. The summed E-state index contributed by atoms with van der Waals surface area (Å²) in [4.78, 5) is 55.4. The second kappa shape index (κ2) is 17.3. The van der Waals surface area contributed by atoms with Crippen molar-refractivity contribution < 1.29 is 33.4 Å². The Bertz CT molecular complexity index is 1130. The number of benzene rings is 1. The zero-order chi connectivity index (χ0) is 29.5. The monoisotopic (exact) mass is 579 g/mol. The number of hydrogen-bond donors (Lipinski definition) is 3. The highest BCUT2D eigenvalue weighted by molar-refractivity contribution is 6.31. The van der Waals surface area contributed by atoms with Gasteiger partial charge in [0.1, 0.15) is 0 Å². The van der Waals surface area contributed by atoms with E-state index in [4.69, 9.17) is 25.8 Å². The van der Waals surface area contributed by atoms with Crippen molar-refractivity contribution in [3.8, 4) is 0 Å². The normalized spacial score (nSPS) is 11.8. The lowest BCUT2D eigenvalue weighted by atomic mass is 10.2. The Morgan fingerprint density at radius 1 is 0.950 bits per heavy atom. The maximum Gasteiger partial charge on any atom is 0.334 e. The van der Waals surface area contributed by atoms with Crippen LogP contribution in [0.5, 0.6) is 0 Å². The molecule has 0 spiro atoms. The van der Waals surface area contributed by atoms with E-state index >= 15 is 0 Å². The number of carbonyl (C=O) groups excluding carboxylic acids is 4. The van der Waals surface area contributed by atoms with Crippen LogP contribution in [0.15, 0.2) is 30.5 Å². The van der Waals surface area contributed by atoms with Crippen molar-refractivity contribution in [2.24, 2.45) is 0 Å². The minimum Gasteiger partial charge on any atom is -0.465 e. The highest BCUT2D eigenvalue weighted by Crippen LogP contribution is 2.24. The molecule has 3 N–H and O–H groups in total. The molecule has 1 amide bonds. The molecule has 0 aliphatic carbocycles. The highest BCUT2D eigenvalue weighted by atomic mass is 35.5. The number of nitrogens with zero attached hydrogens (tertiary/aromatic N) is 2. The second-order valence-electron chi connectivity index (χ2n) is 8.78. The van der Waals surface area contributed by atoms with Gasteiger partial charge in [0.15, 0.2) is 0 Å².